The predicted octanol–water partition coefficient (Wildman–Crippen LogP) is 3.63. The number of alkyl halides is 7. The molecule has 3 aromatic rings. The summed E-state index contributed by atoms with van der Waals surface area (Å²) in [5, 5.41) is 7.43. The molecule has 0 heterocycles. The molecule has 3 amide bonds. The lowest BCUT2D eigenvalue weighted by molar-refractivity contribution is -0.186. The molecule has 0 aromatic heterocycles. The van der Waals surface area contributed by atoms with Crippen molar-refractivity contribution < 1.29 is 83.4 Å². The number of aliphatic imine (C=N–C) groups is 1. The van der Waals surface area contributed by atoms with Crippen LogP contribution < -0.4 is 27.4 Å². The van der Waals surface area contributed by atoms with Crippen LogP contribution in [0.15, 0.2) is 76.2 Å². The highest BCUT2D eigenvalue weighted by Gasteiger charge is 2.54. The number of nitrogens with zero attached hydrogens (tertiary/aromatic N) is 1. The number of carbonyl (C=O) groups is 4. The van der Waals surface area contributed by atoms with E-state index in [0.717, 1.165) is 43.5 Å². The van der Waals surface area contributed by atoms with E-state index in [1.54, 1.807) is 0 Å². The van der Waals surface area contributed by atoms with Crippen LogP contribution >= 0.6 is 31.1 Å². The van der Waals surface area contributed by atoms with E-state index in [4.69, 9.17) is 31.0 Å². The third-order valence-electron chi connectivity index (χ3n) is 9.32. The number of hydrogen-bond donors (Lipinski definition) is 9. The van der Waals surface area contributed by atoms with E-state index in [2.05, 4.69) is 48.3 Å². The highest BCUT2D eigenvalue weighted by Crippen LogP contribution is 2.60. The van der Waals surface area contributed by atoms with E-state index in [9.17, 15) is 59.0 Å². The highest BCUT2D eigenvalue weighted by atomic mass is 79.9. The Bertz CT molecular complexity index is 2270. The third kappa shape index (κ3) is 13.2. The zero-order chi connectivity index (χ0) is 47.9. The number of carbonyl (C=O) groups excluding carboxylic acids is 4. The van der Waals surface area contributed by atoms with Crippen molar-refractivity contribution >= 4 is 61.5 Å². The largest absolute Gasteiger partial charge is 0.469 e. The minimum Gasteiger partial charge on any atom is -0.469 e. The SMILES string of the molecule is C=NC(N)(c1cc(Br)cc(CN[C@@H](CCC(=O)OC)C(=O)N[C@@H](Cc2ccc(C(F)(F)P(=O)(O)O)cc2)C(=O)N[C@@H](Cc2ccc(C(F)(F)P(=O)(O)O)cc2)C(N)=O)c1)C(F)(F)F. The number of benzene rings is 3. The van der Waals surface area contributed by atoms with Crippen molar-refractivity contribution in [1.82, 2.24) is 16.0 Å². The number of ether oxygens (including phenoxy) is 1. The Morgan fingerprint density at radius 2 is 1.19 bits per heavy atom. The molecule has 346 valence electrons. The Kier molecular flexibility index (Phi) is 17.2. The Morgan fingerprint density at radius 1 is 0.746 bits per heavy atom. The second-order valence-electron chi connectivity index (χ2n) is 13.8. The average Bonchev–Trinajstić information content (AvgIpc) is 3.18. The Morgan fingerprint density at radius 3 is 1.60 bits per heavy atom. The Balaban J connectivity index is 2.00. The van der Waals surface area contributed by atoms with Crippen molar-refractivity contribution in [2.75, 3.05) is 7.11 Å². The molecular formula is C36H40BrF7N6O11P2. The van der Waals surface area contributed by atoms with Gasteiger partial charge in [0, 0.05) is 47.0 Å². The normalized spacial score (nSPS) is 15.0. The topological polar surface area (TPSA) is 293 Å². The lowest BCUT2D eigenvalue weighted by atomic mass is 9.98. The molecule has 0 fully saturated rings. The van der Waals surface area contributed by atoms with E-state index in [1.165, 1.54) is 6.07 Å². The van der Waals surface area contributed by atoms with Gasteiger partial charge in [-0.1, -0.05) is 70.5 Å². The van der Waals surface area contributed by atoms with Crippen molar-refractivity contribution in [2.24, 2.45) is 16.5 Å². The lowest BCUT2D eigenvalue weighted by Crippen LogP contribution is -2.57. The first-order chi connectivity index (χ1) is 28.9. The molecule has 3 rings (SSSR count). The van der Waals surface area contributed by atoms with Crippen molar-refractivity contribution in [3.8, 4) is 0 Å². The zero-order valence-corrected chi connectivity index (χ0v) is 35.9. The van der Waals surface area contributed by atoms with Gasteiger partial charge in [-0.2, -0.15) is 30.7 Å². The van der Waals surface area contributed by atoms with Gasteiger partial charge in [-0.25, -0.2) is 0 Å². The van der Waals surface area contributed by atoms with Crippen LogP contribution in [0.25, 0.3) is 0 Å². The third-order valence-corrected chi connectivity index (χ3v) is 11.8. The minimum atomic E-state index is -6.00. The molecule has 11 N–H and O–H groups in total. The van der Waals surface area contributed by atoms with Crippen molar-refractivity contribution in [3.05, 3.63) is 105 Å². The number of halogens is 8. The molecule has 63 heavy (non-hydrogen) atoms. The van der Waals surface area contributed by atoms with Gasteiger partial charge in [0.2, 0.25) is 23.4 Å². The smallest absolute Gasteiger partial charge is 0.431 e. The Hall–Kier alpha value is -4.58. The predicted molar refractivity (Wildman–Crippen MR) is 213 cm³/mol. The molecule has 0 aliphatic heterocycles. The molecule has 27 heteroatoms. The number of rotatable bonds is 21. The fourth-order valence-corrected chi connectivity index (χ4v) is 7.23. The van der Waals surface area contributed by atoms with Gasteiger partial charge in [0.05, 0.1) is 13.2 Å². The summed E-state index contributed by atoms with van der Waals surface area (Å²) in [7, 11) is -10.9. The maximum absolute atomic E-state index is 14.4. The number of esters is 1. The van der Waals surface area contributed by atoms with E-state index in [1.807, 2.05) is 0 Å². The summed E-state index contributed by atoms with van der Waals surface area (Å²) in [6.07, 6.45) is -6.98. The van der Waals surface area contributed by atoms with Gasteiger partial charge < -0.3 is 46.0 Å². The van der Waals surface area contributed by atoms with Crippen LogP contribution in [0.1, 0.15) is 46.2 Å². The molecular weight excluding hydrogens is 967 g/mol. The molecule has 4 atom stereocenters. The van der Waals surface area contributed by atoms with Gasteiger partial charge in [0.25, 0.3) is 0 Å². The summed E-state index contributed by atoms with van der Waals surface area (Å²) >= 11 is 3.10. The molecule has 0 radical (unpaired) electrons. The fourth-order valence-electron chi connectivity index (χ4n) is 5.72. The Labute approximate surface area is 361 Å². The zero-order valence-electron chi connectivity index (χ0n) is 32.5. The number of hydrogen-bond acceptors (Lipinski definition) is 10. The summed E-state index contributed by atoms with van der Waals surface area (Å²) in [6.45, 7) is 2.57. The van der Waals surface area contributed by atoms with Gasteiger partial charge in [-0.3, -0.25) is 39.0 Å². The molecule has 3 aromatic carbocycles. The first kappa shape index (κ1) is 52.8. The molecule has 17 nitrogen and oxygen atoms in total. The first-order valence-corrected chi connectivity index (χ1v) is 21.8. The maximum Gasteiger partial charge on any atom is 0.431 e. The van der Waals surface area contributed by atoms with E-state index in [0.29, 0.717) is 24.3 Å². The number of nitrogens with one attached hydrogen (secondary N) is 3. The molecule has 0 spiro atoms. The first-order valence-electron chi connectivity index (χ1n) is 17.8. The van der Waals surface area contributed by atoms with Gasteiger partial charge in [0.15, 0.2) is 0 Å². The second-order valence-corrected chi connectivity index (χ2v) is 18.0. The van der Waals surface area contributed by atoms with Gasteiger partial charge in [0.1, 0.15) is 12.1 Å². The minimum absolute atomic E-state index is 0.00981. The molecule has 0 aliphatic rings. The van der Waals surface area contributed by atoms with E-state index >= 15 is 0 Å². The molecule has 0 saturated carbocycles. The highest BCUT2D eigenvalue weighted by molar-refractivity contribution is 9.10. The number of primary amides is 1. The molecule has 0 saturated heterocycles. The fraction of sp³-hybridized carbons (Fsp3) is 0.361. The summed E-state index contributed by atoms with van der Waals surface area (Å²) in [4.78, 5) is 91.8. The van der Waals surface area contributed by atoms with Crippen LogP contribution in [0.2, 0.25) is 0 Å². The van der Waals surface area contributed by atoms with Gasteiger partial charge in [-0.15, -0.1) is 0 Å². The number of nitrogens with two attached hydrogens (primary N) is 2. The van der Waals surface area contributed by atoms with Crippen LogP contribution in [0, 0.1) is 0 Å². The van der Waals surface area contributed by atoms with Crippen LogP contribution in [0.3, 0.4) is 0 Å². The molecule has 0 aliphatic carbocycles. The molecule has 1 unspecified atom stereocenters. The lowest BCUT2D eigenvalue weighted by Gasteiger charge is -2.28. The second kappa shape index (κ2) is 20.5. The van der Waals surface area contributed by atoms with Crippen molar-refractivity contribution in [3.63, 3.8) is 0 Å². The van der Waals surface area contributed by atoms with Crippen LogP contribution in [-0.2, 0) is 69.4 Å². The van der Waals surface area contributed by atoms with Crippen molar-refractivity contribution in [1.29, 1.82) is 0 Å². The van der Waals surface area contributed by atoms with Crippen LogP contribution in [0.5, 0.6) is 0 Å². The van der Waals surface area contributed by atoms with E-state index < -0.39 is 116 Å². The standard InChI is InChI=1S/C36H40BrF7N6O11P2/c1-47-33(46,36(42,43)44)24-13-21(14-25(37)17-24)18-48-26(11-12-29(51)61-2)31(53)50-28(16-20-5-9-23(10-6-20)35(40,41)63(58,59)60)32(54)49-27(30(45)52)15-19-3-7-22(8-4-19)34(38,39)62(55,56)57/h3-10,13-14,17,26-28,48H,1,11-12,15-16,18,46H2,2H3,(H2,45,52)(H,49,54)(H,50,53)(H2,55,56,57)(H2,58,59,60)/t26-,27-,28-,33?/m0/s1. The number of amides is 3. The van der Waals surface area contributed by atoms with Gasteiger partial charge >= 0.3 is 38.7 Å². The molecule has 0 bridgehead atoms. The van der Waals surface area contributed by atoms with E-state index in [-0.39, 0.29) is 34.1 Å². The average molecular weight is 1010 g/mol. The maximum atomic E-state index is 14.4. The summed E-state index contributed by atoms with van der Waals surface area (Å²) in [5.74, 6) is -4.23. The van der Waals surface area contributed by atoms with Gasteiger partial charge in [-0.05, 0) is 42.0 Å². The number of methoxy groups -OCH3 is 1. The van der Waals surface area contributed by atoms with Crippen LogP contribution in [0.4, 0.5) is 30.7 Å². The summed E-state index contributed by atoms with van der Waals surface area (Å²) < 4.78 is 126. The van der Waals surface area contributed by atoms with Crippen LogP contribution in [-0.4, -0.2) is 81.4 Å². The summed E-state index contributed by atoms with van der Waals surface area (Å²) in [6, 6.07) is 4.96. The summed E-state index contributed by atoms with van der Waals surface area (Å²) in [5.41, 5.74) is -3.99. The van der Waals surface area contributed by atoms with Crippen molar-refractivity contribution in [2.45, 2.75) is 73.5 Å². The quantitative estimate of drug-likeness (QED) is 0.0319. The monoisotopic (exact) mass is 1010 g/mol.